The Bertz CT molecular complexity index is 2710. The van der Waals surface area contributed by atoms with Gasteiger partial charge in [0.25, 0.3) is 0 Å². The average molecular weight is 722 g/mol. The number of anilines is 3. The highest BCUT2D eigenvalue weighted by molar-refractivity contribution is 5.98. The Morgan fingerprint density at radius 2 is 0.946 bits per heavy atom. The predicted octanol–water partition coefficient (Wildman–Crippen LogP) is 14.5. The molecule has 1 nitrogen and oxygen atoms in total. The molecule has 5 fully saturated rings. The summed E-state index contributed by atoms with van der Waals surface area (Å²) in [4.78, 5) is 2.57. The van der Waals surface area contributed by atoms with Crippen LogP contribution in [0.2, 0.25) is 0 Å². The Morgan fingerprint density at radius 1 is 0.411 bits per heavy atom. The van der Waals surface area contributed by atoms with Crippen LogP contribution < -0.4 is 4.90 Å². The van der Waals surface area contributed by atoms with Crippen molar-refractivity contribution in [3.63, 3.8) is 0 Å². The molecule has 14 rings (SSSR count). The van der Waals surface area contributed by atoms with Gasteiger partial charge in [-0.05, 0) is 171 Å². The molecule has 56 heavy (non-hydrogen) atoms. The first-order valence-electron chi connectivity index (χ1n) is 21.6. The zero-order valence-electron chi connectivity index (χ0n) is 32.1. The molecular weight excluding hydrogens is 675 g/mol. The van der Waals surface area contributed by atoms with Crippen molar-refractivity contribution in [1.29, 1.82) is 0 Å². The second-order valence-electron chi connectivity index (χ2n) is 18.4. The number of hydrogen-bond donors (Lipinski definition) is 0. The molecule has 2 spiro atoms. The number of fused-ring (bicyclic) bond motifs is 9. The van der Waals surface area contributed by atoms with E-state index < -0.39 is 0 Å². The molecule has 7 aromatic rings. The minimum Gasteiger partial charge on any atom is -0.310 e. The minimum absolute atomic E-state index is 0.161. The van der Waals surface area contributed by atoms with Crippen molar-refractivity contribution in [2.75, 3.05) is 4.90 Å². The predicted molar refractivity (Wildman–Crippen MR) is 232 cm³/mol. The van der Waals surface area contributed by atoms with Crippen molar-refractivity contribution in [2.24, 2.45) is 23.7 Å². The van der Waals surface area contributed by atoms with Gasteiger partial charge in [-0.2, -0.15) is 0 Å². The molecule has 7 aromatic carbocycles. The average Bonchev–Trinajstić information content (AvgIpc) is 3.93. The molecule has 0 atom stereocenters. The van der Waals surface area contributed by atoms with E-state index in [9.17, 15) is 0 Å². The Hall–Kier alpha value is -5.40. The van der Waals surface area contributed by atoms with Crippen LogP contribution in [-0.4, -0.2) is 0 Å². The fourth-order valence-corrected chi connectivity index (χ4v) is 14.1. The summed E-state index contributed by atoms with van der Waals surface area (Å²) < 4.78 is 0. The molecule has 0 aromatic heterocycles. The third kappa shape index (κ3) is 4.16. The van der Waals surface area contributed by atoms with E-state index in [-0.39, 0.29) is 10.8 Å². The maximum absolute atomic E-state index is 2.59. The van der Waals surface area contributed by atoms with Gasteiger partial charge in [-0.25, -0.2) is 0 Å². The lowest BCUT2D eigenvalue weighted by Gasteiger charge is -2.61. The van der Waals surface area contributed by atoms with Crippen LogP contribution in [0.1, 0.15) is 80.0 Å². The van der Waals surface area contributed by atoms with Gasteiger partial charge in [0.15, 0.2) is 0 Å². The monoisotopic (exact) mass is 721 g/mol. The molecule has 0 radical (unpaired) electrons. The summed E-state index contributed by atoms with van der Waals surface area (Å²) in [6.45, 7) is 0. The standard InChI is InChI=1S/C55H47N/c1-2-15-44-37(11-1)12-10-18-45(44)38-13-9-14-41(32-38)56(42-21-23-51-48(33-42)46-16-3-5-19-50(46)54(51)25-7-8-26-54)43-22-24-53-49(34-43)47-17-4-6-20-52(47)55(53)39-28-35-27-36(30-39)31-40(55)29-35/h1-6,9-24,32-36,39-40H,7-8,25-31H2. The maximum Gasteiger partial charge on any atom is 0.0468 e. The van der Waals surface area contributed by atoms with Gasteiger partial charge >= 0.3 is 0 Å². The van der Waals surface area contributed by atoms with Gasteiger partial charge in [0.2, 0.25) is 0 Å². The summed E-state index contributed by atoms with van der Waals surface area (Å²) in [7, 11) is 0. The fraction of sp³-hybridized carbons (Fsp3) is 0.273. The van der Waals surface area contributed by atoms with E-state index in [1.807, 2.05) is 0 Å². The van der Waals surface area contributed by atoms with Crippen LogP contribution in [-0.2, 0) is 10.8 Å². The Morgan fingerprint density at radius 3 is 1.71 bits per heavy atom. The van der Waals surface area contributed by atoms with Crippen LogP contribution in [0.3, 0.4) is 0 Å². The van der Waals surface area contributed by atoms with Gasteiger partial charge in [-0.1, -0.05) is 128 Å². The highest BCUT2D eigenvalue weighted by Gasteiger charge is 2.61. The molecule has 7 aliphatic rings. The molecule has 0 unspecified atom stereocenters. The summed E-state index contributed by atoms with van der Waals surface area (Å²) in [5, 5.41) is 2.58. The molecule has 0 heterocycles. The van der Waals surface area contributed by atoms with Crippen LogP contribution in [0.5, 0.6) is 0 Å². The first-order chi connectivity index (χ1) is 27.7. The van der Waals surface area contributed by atoms with E-state index in [4.69, 9.17) is 0 Å². The first kappa shape index (κ1) is 31.8. The third-order valence-corrected chi connectivity index (χ3v) is 16.0. The summed E-state index contributed by atoms with van der Waals surface area (Å²) in [5.74, 6) is 3.41. The smallest absolute Gasteiger partial charge is 0.0468 e. The second-order valence-corrected chi connectivity index (χ2v) is 18.4. The number of hydrogen-bond acceptors (Lipinski definition) is 1. The van der Waals surface area contributed by atoms with E-state index in [2.05, 4.69) is 157 Å². The Labute approximate surface area is 331 Å². The number of benzene rings is 7. The molecule has 272 valence electrons. The molecule has 0 amide bonds. The van der Waals surface area contributed by atoms with Crippen LogP contribution in [0.15, 0.2) is 152 Å². The van der Waals surface area contributed by atoms with Crippen molar-refractivity contribution in [3.8, 4) is 33.4 Å². The second kappa shape index (κ2) is 11.6. The molecule has 0 N–H and O–H groups in total. The van der Waals surface area contributed by atoms with E-state index >= 15 is 0 Å². The lowest BCUT2D eigenvalue weighted by Crippen LogP contribution is -2.55. The molecular formula is C55H47N. The van der Waals surface area contributed by atoms with Gasteiger partial charge in [-0.15, -0.1) is 0 Å². The number of rotatable bonds is 4. The van der Waals surface area contributed by atoms with Gasteiger partial charge < -0.3 is 4.90 Å². The Kier molecular flexibility index (Phi) is 6.57. The number of nitrogens with zero attached hydrogens (tertiary/aromatic N) is 1. The van der Waals surface area contributed by atoms with E-state index in [1.54, 1.807) is 16.7 Å². The van der Waals surface area contributed by atoms with Crippen LogP contribution in [0.25, 0.3) is 44.2 Å². The van der Waals surface area contributed by atoms with Crippen molar-refractivity contribution in [3.05, 3.63) is 174 Å². The van der Waals surface area contributed by atoms with Crippen molar-refractivity contribution < 1.29 is 0 Å². The van der Waals surface area contributed by atoms with E-state index in [0.29, 0.717) is 0 Å². The lowest BCUT2D eigenvalue weighted by molar-refractivity contribution is -0.0399. The topological polar surface area (TPSA) is 3.24 Å². The largest absolute Gasteiger partial charge is 0.310 e. The third-order valence-electron chi connectivity index (χ3n) is 16.0. The highest BCUT2D eigenvalue weighted by atomic mass is 15.1. The van der Waals surface area contributed by atoms with Crippen molar-refractivity contribution in [2.45, 2.75) is 68.6 Å². The SMILES string of the molecule is c1cc(-c2cccc3ccccc23)cc(N(c2ccc3c(c2)-c2ccccc2C32CCCC2)c2ccc3c(c2)-c2ccccc2C32C3CC4CC(C3)CC2C4)c1. The zero-order chi connectivity index (χ0) is 36.6. The van der Waals surface area contributed by atoms with Crippen LogP contribution >= 0.6 is 0 Å². The zero-order valence-corrected chi connectivity index (χ0v) is 32.1. The molecule has 7 aliphatic carbocycles. The summed E-state index contributed by atoms with van der Waals surface area (Å²) >= 11 is 0. The van der Waals surface area contributed by atoms with Gasteiger partial charge in [-0.3, -0.25) is 0 Å². The molecule has 5 saturated carbocycles. The molecule has 0 aliphatic heterocycles. The first-order valence-corrected chi connectivity index (χ1v) is 21.6. The fourth-order valence-electron chi connectivity index (χ4n) is 14.1. The van der Waals surface area contributed by atoms with Gasteiger partial charge in [0.05, 0.1) is 0 Å². The molecule has 4 bridgehead atoms. The van der Waals surface area contributed by atoms with Crippen LogP contribution in [0, 0.1) is 23.7 Å². The molecule has 1 heteroatoms. The molecule has 0 saturated heterocycles. The van der Waals surface area contributed by atoms with E-state index in [1.165, 1.54) is 125 Å². The lowest BCUT2D eigenvalue weighted by atomic mass is 9.43. The van der Waals surface area contributed by atoms with E-state index in [0.717, 1.165) is 23.7 Å². The highest BCUT2D eigenvalue weighted by Crippen LogP contribution is 2.69. The Balaban J connectivity index is 1.02. The normalized spacial score (nSPS) is 25.4. The van der Waals surface area contributed by atoms with Gasteiger partial charge in [0.1, 0.15) is 0 Å². The maximum atomic E-state index is 2.59. The minimum atomic E-state index is 0.161. The van der Waals surface area contributed by atoms with Gasteiger partial charge in [0, 0.05) is 27.9 Å². The van der Waals surface area contributed by atoms with Crippen LogP contribution in [0.4, 0.5) is 17.1 Å². The van der Waals surface area contributed by atoms with Crippen molar-refractivity contribution in [1.82, 2.24) is 0 Å². The summed E-state index contributed by atoms with van der Waals surface area (Å²) in [6, 6.07) is 58.9. The quantitative estimate of drug-likeness (QED) is 0.175. The van der Waals surface area contributed by atoms with Crippen molar-refractivity contribution >= 4 is 27.8 Å². The summed E-state index contributed by atoms with van der Waals surface area (Å²) in [5.41, 5.74) is 18.7. The summed E-state index contributed by atoms with van der Waals surface area (Å²) in [6.07, 6.45) is 12.2.